The molecule has 0 unspecified atom stereocenters. The highest BCUT2D eigenvalue weighted by Gasteiger charge is 2.28. The average molecular weight is 527 g/mol. The van der Waals surface area contributed by atoms with E-state index in [9.17, 15) is 4.79 Å². The second-order valence-corrected chi connectivity index (χ2v) is 8.47. The van der Waals surface area contributed by atoms with Crippen LogP contribution in [0.2, 0.25) is 0 Å². The summed E-state index contributed by atoms with van der Waals surface area (Å²) >= 11 is 0. The number of carbonyl (C=O) groups excluding carboxylic acids is 1. The minimum Gasteiger partial charge on any atom is -0.357 e. The highest BCUT2D eigenvalue weighted by molar-refractivity contribution is 14.0. The van der Waals surface area contributed by atoms with E-state index >= 15 is 0 Å². The zero-order valence-electron chi connectivity index (χ0n) is 18.5. The van der Waals surface area contributed by atoms with E-state index in [1.807, 2.05) is 0 Å². The van der Waals surface area contributed by atoms with Crippen LogP contribution in [0.15, 0.2) is 29.3 Å². The summed E-state index contributed by atoms with van der Waals surface area (Å²) in [4.78, 5) is 19.0. The smallest absolute Gasteiger partial charge is 0.223 e. The van der Waals surface area contributed by atoms with Gasteiger partial charge in [-0.25, -0.2) is 4.99 Å². The summed E-state index contributed by atoms with van der Waals surface area (Å²) in [6, 6.07) is 8.78. The number of nitrogens with zero attached hydrogens (tertiary/aromatic N) is 2. The Morgan fingerprint density at radius 1 is 1.07 bits per heavy atom. The molecule has 1 heterocycles. The van der Waals surface area contributed by atoms with Crippen LogP contribution in [0.4, 0.5) is 0 Å². The van der Waals surface area contributed by atoms with Gasteiger partial charge in [-0.3, -0.25) is 9.69 Å². The molecule has 1 aromatic carbocycles. The number of hydrogen-bond donors (Lipinski definition) is 3. The lowest BCUT2D eigenvalue weighted by Gasteiger charge is -2.30. The van der Waals surface area contributed by atoms with E-state index in [1.54, 1.807) is 0 Å². The average Bonchev–Trinajstić information content (AvgIpc) is 3.57. The lowest BCUT2D eigenvalue weighted by Crippen LogP contribution is -2.41. The van der Waals surface area contributed by atoms with Crippen molar-refractivity contribution >= 4 is 35.8 Å². The van der Waals surface area contributed by atoms with Gasteiger partial charge in [0.2, 0.25) is 5.91 Å². The van der Waals surface area contributed by atoms with Gasteiger partial charge < -0.3 is 16.0 Å². The third-order valence-electron chi connectivity index (χ3n) is 5.70. The Bertz CT molecular complexity index is 684. The van der Waals surface area contributed by atoms with E-state index in [4.69, 9.17) is 4.99 Å². The van der Waals surface area contributed by atoms with Crippen LogP contribution in [0.3, 0.4) is 0 Å². The van der Waals surface area contributed by atoms with Crippen molar-refractivity contribution in [3.8, 4) is 0 Å². The minimum atomic E-state index is 0. The maximum Gasteiger partial charge on any atom is 0.223 e. The molecule has 0 bridgehead atoms. The van der Waals surface area contributed by atoms with Gasteiger partial charge in [-0.05, 0) is 62.7 Å². The predicted molar refractivity (Wildman–Crippen MR) is 134 cm³/mol. The van der Waals surface area contributed by atoms with E-state index in [2.05, 4.69) is 59.0 Å². The first kappa shape index (κ1) is 24.9. The van der Waals surface area contributed by atoms with Gasteiger partial charge >= 0.3 is 0 Å². The largest absolute Gasteiger partial charge is 0.357 e. The Morgan fingerprint density at radius 2 is 1.77 bits per heavy atom. The molecule has 0 spiro atoms. The zero-order chi connectivity index (χ0) is 20.5. The molecular formula is C23H38IN5O. The fraction of sp³-hybridized carbons (Fsp3) is 0.652. The lowest BCUT2D eigenvalue weighted by molar-refractivity contribution is -0.122. The number of halogens is 1. The highest BCUT2D eigenvalue weighted by atomic mass is 127. The van der Waals surface area contributed by atoms with Gasteiger partial charge in [0.05, 0.1) is 6.54 Å². The Hall–Kier alpha value is -1.35. The molecule has 168 valence electrons. The molecule has 0 atom stereocenters. The first-order chi connectivity index (χ1) is 14.1. The number of benzene rings is 1. The molecule has 3 N–H and O–H groups in total. The zero-order valence-corrected chi connectivity index (χ0v) is 20.8. The summed E-state index contributed by atoms with van der Waals surface area (Å²) in [5.74, 6) is 2.11. The third kappa shape index (κ3) is 8.79. The Labute approximate surface area is 198 Å². The molecule has 1 aromatic rings. The van der Waals surface area contributed by atoms with E-state index in [0.717, 1.165) is 37.8 Å². The maximum atomic E-state index is 11.7. The molecule has 6 nitrogen and oxygen atoms in total. The van der Waals surface area contributed by atoms with Crippen LogP contribution in [0, 0.1) is 11.8 Å². The van der Waals surface area contributed by atoms with Crippen LogP contribution in [0.1, 0.15) is 50.7 Å². The van der Waals surface area contributed by atoms with Crippen molar-refractivity contribution in [3.05, 3.63) is 35.4 Å². The fourth-order valence-electron chi connectivity index (χ4n) is 3.67. The lowest BCUT2D eigenvalue weighted by atomic mass is 9.98. The third-order valence-corrected chi connectivity index (χ3v) is 5.70. The molecular weight excluding hydrogens is 489 g/mol. The second kappa shape index (κ2) is 13.1. The summed E-state index contributed by atoms with van der Waals surface area (Å²) in [6.45, 7) is 10.6. The van der Waals surface area contributed by atoms with Crippen LogP contribution in [0.5, 0.6) is 0 Å². The fourth-order valence-corrected chi connectivity index (χ4v) is 3.67. The molecule has 2 fully saturated rings. The van der Waals surface area contributed by atoms with E-state index < -0.39 is 0 Å². The van der Waals surface area contributed by atoms with Gasteiger partial charge in [0.1, 0.15) is 0 Å². The Kier molecular flexibility index (Phi) is 10.9. The van der Waals surface area contributed by atoms with Gasteiger partial charge in [-0.15, -0.1) is 24.0 Å². The van der Waals surface area contributed by atoms with Gasteiger partial charge in [-0.2, -0.15) is 0 Å². The highest BCUT2D eigenvalue weighted by Crippen LogP contribution is 2.28. The standard InChI is InChI=1S/C23H37N5O.HI/c1-3-24-23(26-12-11-25-22(29)21-7-8-21)27-16-19-5-4-6-20(15-19)17-28-13-9-18(2)10-14-28;/h4-6,15,18,21H,3,7-14,16-17H2,1-2H3,(H,25,29)(H2,24,26,27);1H. The van der Waals surface area contributed by atoms with E-state index in [0.29, 0.717) is 19.6 Å². The van der Waals surface area contributed by atoms with Gasteiger partial charge in [0.25, 0.3) is 0 Å². The summed E-state index contributed by atoms with van der Waals surface area (Å²) in [6.07, 6.45) is 4.70. The Balaban J connectivity index is 0.00000320. The summed E-state index contributed by atoms with van der Waals surface area (Å²) in [5, 5.41) is 9.56. The second-order valence-electron chi connectivity index (χ2n) is 8.47. The SMILES string of the molecule is CCNC(=NCc1cccc(CN2CCC(C)CC2)c1)NCCNC(=O)C1CC1.I. The first-order valence-corrected chi connectivity index (χ1v) is 11.2. The molecule has 0 radical (unpaired) electrons. The molecule has 1 aliphatic heterocycles. The normalized spacial score (nSPS) is 17.9. The molecule has 1 saturated heterocycles. The monoisotopic (exact) mass is 527 g/mol. The molecule has 0 aromatic heterocycles. The maximum absolute atomic E-state index is 11.7. The summed E-state index contributed by atoms with van der Waals surface area (Å²) in [7, 11) is 0. The van der Waals surface area contributed by atoms with E-state index in [-0.39, 0.29) is 35.8 Å². The van der Waals surface area contributed by atoms with Gasteiger partial charge in [0.15, 0.2) is 5.96 Å². The van der Waals surface area contributed by atoms with Crippen molar-refractivity contribution < 1.29 is 4.79 Å². The van der Waals surface area contributed by atoms with Gasteiger partial charge in [0, 0.05) is 32.1 Å². The number of guanidine groups is 1. The first-order valence-electron chi connectivity index (χ1n) is 11.2. The summed E-state index contributed by atoms with van der Waals surface area (Å²) < 4.78 is 0. The molecule has 3 rings (SSSR count). The number of rotatable bonds is 9. The number of nitrogens with one attached hydrogen (secondary N) is 3. The quantitative estimate of drug-likeness (QED) is 0.200. The van der Waals surface area contributed by atoms with Crippen molar-refractivity contribution in [2.24, 2.45) is 16.8 Å². The van der Waals surface area contributed by atoms with Crippen LogP contribution < -0.4 is 16.0 Å². The number of hydrogen-bond acceptors (Lipinski definition) is 3. The number of amides is 1. The number of likely N-dealkylation sites (tertiary alicyclic amines) is 1. The minimum absolute atomic E-state index is 0. The van der Waals surface area contributed by atoms with Crippen molar-refractivity contribution in [1.82, 2.24) is 20.9 Å². The van der Waals surface area contributed by atoms with E-state index in [1.165, 1.54) is 37.1 Å². The number of aliphatic imine (C=N–C) groups is 1. The van der Waals surface area contributed by atoms with Gasteiger partial charge in [-0.1, -0.05) is 31.2 Å². The molecule has 1 saturated carbocycles. The van der Waals surface area contributed by atoms with Crippen molar-refractivity contribution in [1.29, 1.82) is 0 Å². The molecule has 1 amide bonds. The van der Waals surface area contributed by atoms with Crippen molar-refractivity contribution in [3.63, 3.8) is 0 Å². The number of carbonyl (C=O) groups is 1. The topological polar surface area (TPSA) is 68.8 Å². The van der Waals surface area contributed by atoms with Crippen molar-refractivity contribution in [2.75, 3.05) is 32.7 Å². The Morgan fingerprint density at radius 3 is 2.47 bits per heavy atom. The van der Waals surface area contributed by atoms with Crippen LogP contribution in [-0.2, 0) is 17.9 Å². The molecule has 2 aliphatic rings. The predicted octanol–water partition coefficient (Wildman–Crippen LogP) is 3.12. The van der Waals surface area contributed by atoms with Crippen LogP contribution >= 0.6 is 24.0 Å². The van der Waals surface area contributed by atoms with Crippen LogP contribution in [0.25, 0.3) is 0 Å². The molecule has 1 aliphatic carbocycles. The van der Waals surface area contributed by atoms with Crippen molar-refractivity contribution in [2.45, 2.75) is 52.6 Å². The number of piperidine rings is 1. The molecule has 7 heteroatoms. The van der Waals surface area contributed by atoms with Crippen LogP contribution in [-0.4, -0.2) is 49.5 Å². The molecule has 30 heavy (non-hydrogen) atoms. The summed E-state index contributed by atoms with van der Waals surface area (Å²) in [5.41, 5.74) is 2.60.